The summed E-state index contributed by atoms with van der Waals surface area (Å²) in [6, 6.07) is 0. The van der Waals surface area contributed by atoms with Crippen LogP contribution in [0.3, 0.4) is 0 Å². The molecule has 1 atom stereocenters. The SMILES string of the molecule is NCC(O)Cc1ncn[nH]1. The fourth-order valence-corrected chi connectivity index (χ4v) is 0.636. The Labute approximate surface area is 58.3 Å². The van der Waals surface area contributed by atoms with Crippen LogP contribution >= 0.6 is 0 Å². The van der Waals surface area contributed by atoms with Crippen molar-refractivity contribution in [2.45, 2.75) is 12.5 Å². The molecule has 0 fully saturated rings. The molecule has 1 aromatic rings. The minimum atomic E-state index is -0.520. The molecular weight excluding hydrogens is 132 g/mol. The van der Waals surface area contributed by atoms with E-state index in [0.29, 0.717) is 12.2 Å². The van der Waals surface area contributed by atoms with Gasteiger partial charge >= 0.3 is 0 Å². The van der Waals surface area contributed by atoms with Gasteiger partial charge in [0.2, 0.25) is 0 Å². The van der Waals surface area contributed by atoms with Crippen molar-refractivity contribution in [1.82, 2.24) is 15.2 Å². The van der Waals surface area contributed by atoms with Crippen molar-refractivity contribution in [3.05, 3.63) is 12.2 Å². The zero-order valence-corrected chi connectivity index (χ0v) is 5.49. The summed E-state index contributed by atoms with van der Waals surface area (Å²) in [5.74, 6) is 0.665. The lowest BCUT2D eigenvalue weighted by molar-refractivity contribution is 0.181. The lowest BCUT2D eigenvalue weighted by Crippen LogP contribution is -2.22. The Kier molecular flexibility index (Phi) is 2.35. The van der Waals surface area contributed by atoms with Crippen molar-refractivity contribution in [3.8, 4) is 0 Å². The second-order valence-corrected chi connectivity index (χ2v) is 2.03. The van der Waals surface area contributed by atoms with E-state index in [4.69, 9.17) is 10.8 Å². The standard InChI is InChI=1S/C5H10N4O/c6-2-4(10)1-5-7-3-8-9-5/h3-4,10H,1-2,6H2,(H,7,8,9). The van der Waals surface area contributed by atoms with Crippen molar-refractivity contribution < 1.29 is 5.11 Å². The van der Waals surface area contributed by atoms with E-state index in [9.17, 15) is 0 Å². The van der Waals surface area contributed by atoms with E-state index in [-0.39, 0.29) is 6.54 Å². The average molecular weight is 142 g/mol. The molecule has 1 heterocycles. The summed E-state index contributed by atoms with van der Waals surface area (Å²) in [6.45, 7) is 0.251. The number of aromatic amines is 1. The normalized spacial score (nSPS) is 13.4. The lowest BCUT2D eigenvalue weighted by atomic mass is 10.2. The fourth-order valence-electron chi connectivity index (χ4n) is 0.636. The molecule has 0 aromatic carbocycles. The van der Waals surface area contributed by atoms with Gasteiger partial charge < -0.3 is 10.8 Å². The predicted octanol–water partition coefficient (Wildman–Crippen LogP) is -1.33. The Hall–Kier alpha value is -0.940. The summed E-state index contributed by atoms with van der Waals surface area (Å²) in [7, 11) is 0. The summed E-state index contributed by atoms with van der Waals surface area (Å²) in [4.78, 5) is 3.82. The lowest BCUT2D eigenvalue weighted by Gasteiger charge is -2.02. The maximum absolute atomic E-state index is 9.02. The number of aliphatic hydroxyl groups excluding tert-OH is 1. The van der Waals surface area contributed by atoms with Crippen LogP contribution in [0.4, 0.5) is 0 Å². The van der Waals surface area contributed by atoms with Gasteiger partial charge in [0.15, 0.2) is 0 Å². The van der Waals surface area contributed by atoms with E-state index < -0.39 is 6.10 Å². The van der Waals surface area contributed by atoms with E-state index in [0.717, 1.165) is 0 Å². The first kappa shape index (κ1) is 7.17. The Morgan fingerprint density at radius 3 is 3.10 bits per heavy atom. The molecule has 4 N–H and O–H groups in total. The Bertz CT molecular complexity index is 174. The molecule has 5 nitrogen and oxygen atoms in total. The van der Waals surface area contributed by atoms with E-state index in [2.05, 4.69) is 15.2 Å². The van der Waals surface area contributed by atoms with Crippen molar-refractivity contribution in [2.75, 3.05) is 6.54 Å². The van der Waals surface area contributed by atoms with Gasteiger partial charge in [-0.1, -0.05) is 0 Å². The van der Waals surface area contributed by atoms with E-state index in [1.165, 1.54) is 6.33 Å². The number of nitrogens with two attached hydrogens (primary N) is 1. The quantitative estimate of drug-likeness (QED) is 0.487. The zero-order valence-electron chi connectivity index (χ0n) is 5.49. The zero-order chi connectivity index (χ0) is 7.40. The third kappa shape index (κ3) is 1.78. The second-order valence-electron chi connectivity index (χ2n) is 2.03. The molecule has 0 saturated heterocycles. The Morgan fingerprint density at radius 1 is 1.80 bits per heavy atom. The number of hydrogen-bond donors (Lipinski definition) is 3. The van der Waals surface area contributed by atoms with Gasteiger partial charge in [0.1, 0.15) is 12.2 Å². The smallest absolute Gasteiger partial charge is 0.137 e. The highest BCUT2D eigenvalue weighted by Crippen LogP contribution is 1.91. The molecule has 0 bridgehead atoms. The van der Waals surface area contributed by atoms with Crippen molar-refractivity contribution in [3.63, 3.8) is 0 Å². The first-order chi connectivity index (χ1) is 4.83. The van der Waals surface area contributed by atoms with Crippen LogP contribution in [0.5, 0.6) is 0 Å². The Morgan fingerprint density at radius 2 is 2.60 bits per heavy atom. The maximum Gasteiger partial charge on any atom is 0.137 e. The average Bonchev–Trinajstić information content (AvgIpc) is 2.40. The van der Waals surface area contributed by atoms with Gasteiger partial charge in [-0.15, -0.1) is 0 Å². The molecule has 0 radical (unpaired) electrons. The minimum absolute atomic E-state index is 0.251. The summed E-state index contributed by atoms with van der Waals surface area (Å²) >= 11 is 0. The van der Waals surface area contributed by atoms with Crippen molar-refractivity contribution >= 4 is 0 Å². The number of aromatic nitrogens is 3. The van der Waals surface area contributed by atoms with Gasteiger partial charge in [-0.2, -0.15) is 5.10 Å². The number of nitrogens with one attached hydrogen (secondary N) is 1. The highest BCUT2D eigenvalue weighted by molar-refractivity contribution is 4.83. The van der Waals surface area contributed by atoms with Crippen molar-refractivity contribution in [1.29, 1.82) is 0 Å². The Balaban J connectivity index is 2.40. The summed E-state index contributed by atoms with van der Waals surface area (Å²) in [5, 5.41) is 15.3. The van der Waals surface area contributed by atoms with Gasteiger partial charge in [0, 0.05) is 13.0 Å². The van der Waals surface area contributed by atoms with Crippen LogP contribution in [0.2, 0.25) is 0 Å². The fraction of sp³-hybridized carbons (Fsp3) is 0.600. The molecule has 10 heavy (non-hydrogen) atoms. The van der Waals surface area contributed by atoms with Crippen LogP contribution in [0, 0.1) is 0 Å². The highest BCUT2D eigenvalue weighted by atomic mass is 16.3. The third-order valence-electron chi connectivity index (χ3n) is 1.17. The van der Waals surface area contributed by atoms with E-state index in [1.807, 2.05) is 0 Å². The molecule has 0 spiro atoms. The monoisotopic (exact) mass is 142 g/mol. The third-order valence-corrected chi connectivity index (χ3v) is 1.17. The number of aliphatic hydroxyl groups is 1. The van der Waals surface area contributed by atoms with Crippen LogP contribution in [0.1, 0.15) is 5.82 Å². The van der Waals surface area contributed by atoms with Crippen LogP contribution in [-0.2, 0) is 6.42 Å². The van der Waals surface area contributed by atoms with Crippen LogP contribution in [0.25, 0.3) is 0 Å². The maximum atomic E-state index is 9.02. The first-order valence-electron chi connectivity index (χ1n) is 3.05. The molecule has 1 aromatic heterocycles. The van der Waals surface area contributed by atoms with Crippen LogP contribution in [-0.4, -0.2) is 32.9 Å². The first-order valence-corrected chi connectivity index (χ1v) is 3.05. The minimum Gasteiger partial charge on any atom is -0.391 e. The second kappa shape index (κ2) is 3.28. The van der Waals surface area contributed by atoms with Gasteiger partial charge in [-0.25, -0.2) is 4.98 Å². The van der Waals surface area contributed by atoms with Gasteiger partial charge in [0.05, 0.1) is 6.10 Å². The largest absolute Gasteiger partial charge is 0.391 e. The number of rotatable bonds is 3. The number of nitrogens with zero attached hydrogens (tertiary/aromatic N) is 2. The predicted molar refractivity (Wildman–Crippen MR) is 35.1 cm³/mol. The number of hydrogen-bond acceptors (Lipinski definition) is 4. The molecule has 1 rings (SSSR count). The van der Waals surface area contributed by atoms with Crippen LogP contribution in [0.15, 0.2) is 6.33 Å². The van der Waals surface area contributed by atoms with Gasteiger partial charge in [-0.3, -0.25) is 5.10 Å². The van der Waals surface area contributed by atoms with E-state index in [1.54, 1.807) is 0 Å². The molecule has 0 amide bonds. The summed E-state index contributed by atoms with van der Waals surface area (Å²) in [6.07, 6.45) is 1.32. The molecule has 0 saturated carbocycles. The summed E-state index contributed by atoms with van der Waals surface area (Å²) in [5.41, 5.74) is 5.18. The number of H-pyrrole nitrogens is 1. The molecule has 0 aliphatic rings. The molecule has 5 heteroatoms. The van der Waals surface area contributed by atoms with Gasteiger partial charge in [-0.05, 0) is 0 Å². The summed E-state index contributed by atoms with van der Waals surface area (Å²) < 4.78 is 0. The van der Waals surface area contributed by atoms with Gasteiger partial charge in [0.25, 0.3) is 0 Å². The van der Waals surface area contributed by atoms with E-state index >= 15 is 0 Å². The highest BCUT2D eigenvalue weighted by Gasteiger charge is 2.03. The molecule has 56 valence electrons. The topological polar surface area (TPSA) is 87.8 Å². The van der Waals surface area contributed by atoms with Crippen molar-refractivity contribution in [2.24, 2.45) is 5.73 Å². The molecular formula is C5H10N4O. The molecule has 1 unspecified atom stereocenters. The molecule has 0 aliphatic heterocycles. The van der Waals surface area contributed by atoms with Crippen LogP contribution < -0.4 is 5.73 Å². The molecule has 0 aliphatic carbocycles.